The third-order valence-corrected chi connectivity index (χ3v) is 2.64. The molecule has 2 N–H and O–H groups in total. The highest BCUT2D eigenvalue weighted by Gasteiger charge is 1.99. The van der Waals surface area contributed by atoms with Crippen LogP contribution in [0.4, 0.5) is 0 Å². The summed E-state index contributed by atoms with van der Waals surface area (Å²) in [5.74, 6) is 0.769. The molecule has 0 spiro atoms. The summed E-state index contributed by atoms with van der Waals surface area (Å²) < 4.78 is 0. The van der Waals surface area contributed by atoms with Crippen molar-refractivity contribution in [1.29, 1.82) is 5.41 Å². The van der Waals surface area contributed by atoms with Crippen LogP contribution in [0.25, 0.3) is 0 Å². The molecule has 1 aliphatic carbocycles. The Bertz CT molecular complexity index is 335. The fraction of sp³-hybridized carbons (Fsp3) is 0.438. The van der Waals surface area contributed by atoms with E-state index >= 15 is 0 Å². The molecule has 1 atom stereocenters. The van der Waals surface area contributed by atoms with Gasteiger partial charge in [-0.1, -0.05) is 56.9 Å². The predicted octanol–water partition coefficient (Wildman–Crippen LogP) is 3.89. The molecule has 0 aromatic rings. The Balaban J connectivity index is 0.000000351. The summed E-state index contributed by atoms with van der Waals surface area (Å²) >= 11 is 0. The minimum absolute atomic E-state index is 0.632. The smallest absolute Gasteiger partial charge is 0.0483 e. The Morgan fingerprint density at radius 3 is 2.56 bits per heavy atom. The zero-order valence-electron chi connectivity index (χ0n) is 11.9. The summed E-state index contributed by atoms with van der Waals surface area (Å²) in [6.07, 6.45) is 14.4. The van der Waals surface area contributed by atoms with Gasteiger partial charge < -0.3 is 10.7 Å². The van der Waals surface area contributed by atoms with Gasteiger partial charge in [0.15, 0.2) is 0 Å². The SMILES string of the molecule is C=C/C=C(\CC)C(=N)CNC.CC1C=CC=CC1. The summed E-state index contributed by atoms with van der Waals surface area (Å²) in [6.45, 7) is 8.49. The molecule has 100 valence electrons. The molecule has 0 aromatic heterocycles. The molecule has 0 saturated heterocycles. The second-order valence-electron chi connectivity index (χ2n) is 4.32. The van der Waals surface area contributed by atoms with Crippen LogP contribution in [0.15, 0.2) is 48.6 Å². The van der Waals surface area contributed by atoms with Crippen molar-refractivity contribution in [3.8, 4) is 0 Å². The van der Waals surface area contributed by atoms with Gasteiger partial charge in [0, 0.05) is 12.3 Å². The highest BCUT2D eigenvalue weighted by atomic mass is 14.8. The molecule has 2 nitrogen and oxygen atoms in total. The van der Waals surface area contributed by atoms with Crippen molar-refractivity contribution in [2.45, 2.75) is 26.7 Å². The maximum absolute atomic E-state index is 7.57. The largest absolute Gasteiger partial charge is 0.314 e. The summed E-state index contributed by atoms with van der Waals surface area (Å²) in [7, 11) is 1.84. The van der Waals surface area contributed by atoms with E-state index in [-0.39, 0.29) is 0 Å². The standard InChI is InChI=1S/C9H16N2.C7H10/c1-4-6-8(5-2)9(10)7-11-3;1-7-5-3-2-4-6-7/h4,6,10-11H,1,5,7H2,2-3H3;2-5,7H,6H2,1H3/b8-6+,10-9?;. The molecule has 1 aliphatic rings. The lowest BCUT2D eigenvalue weighted by atomic mass is 10.0. The van der Waals surface area contributed by atoms with Gasteiger partial charge in [-0.05, 0) is 31.4 Å². The first-order valence-electron chi connectivity index (χ1n) is 6.53. The van der Waals surface area contributed by atoms with Gasteiger partial charge >= 0.3 is 0 Å². The van der Waals surface area contributed by atoms with E-state index in [1.54, 1.807) is 6.08 Å². The number of nitrogens with one attached hydrogen (secondary N) is 2. The quantitative estimate of drug-likeness (QED) is 0.560. The molecule has 18 heavy (non-hydrogen) atoms. The Labute approximate surface area is 112 Å². The van der Waals surface area contributed by atoms with Crippen LogP contribution in [-0.2, 0) is 0 Å². The zero-order valence-corrected chi connectivity index (χ0v) is 11.9. The van der Waals surface area contributed by atoms with Crippen molar-refractivity contribution in [2.75, 3.05) is 13.6 Å². The van der Waals surface area contributed by atoms with Crippen molar-refractivity contribution in [2.24, 2.45) is 5.92 Å². The number of allylic oxidation sites excluding steroid dienone is 6. The van der Waals surface area contributed by atoms with Gasteiger partial charge in [0.2, 0.25) is 0 Å². The molecule has 1 unspecified atom stereocenters. The molecule has 0 saturated carbocycles. The zero-order chi connectivity index (χ0) is 13.8. The molecule has 0 amide bonds. The maximum Gasteiger partial charge on any atom is 0.0483 e. The molecule has 0 radical (unpaired) electrons. The third-order valence-electron chi connectivity index (χ3n) is 2.64. The number of rotatable bonds is 5. The summed E-state index contributed by atoms with van der Waals surface area (Å²) in [5.41, 5.74) is 1.70. The number of hydrogen-bond donors (Lipinski definition) is 2. The maximum atomic E-state index is 7.57. The van der Waals surface area contributed by atoms with E-state index in [9.17, 15) is 0 Å². The summed E-state index contributed by atoms with van der Waals surface area (Å²) in [6, 6.07) is 0. The molecule has 0 bridgehead atoms. The van der Waals surface area contributed by atoms with Gasteiger partial charge in [0.25, 0.3) is 0 Å². The van der Waals surface area contributed by atoms with E-state index in [2.05, 4.69) is 43.1 Å². The lowest BCUT2D eigenvalue weighted by Gasteiger charge is -2.04. The van der Waals surface area contributed by atoms with E-state index in [4.69, 9.17) is 5.41 Å². The van der Waals surface area contributed by atoms with Gasteiger partial charge in [0.05, 0.1) is 0 Å². The second-order valence-corrected chi connectivity index (χ2v) is 4.32. The first-order chi connectivity index (χ1) is 8.65. The predicted molar refractivity (Wildman–Crippen MR) is 82.3 cm³/mol. The molecular formula is C16H26N2. The molecule has 0 aliphatic heterocycles. The monoisotopic (exact) mass is 246 g/mol. The van der Waals surface area contributed by atoms with Crippen molar-refractivity contribution in [1.82, 2.24) is 5.32 Å². The van der Waals surface area contributed by atoms with Crippen molar-refractivity contribution in [3.63, 3.8) is 0 Å². The average molecular weight is 246 g/mol. The van der Waals surface area contributed by atoms with E-state index < -0.39 is 0 Å². The van der Waals surface area contributed by atoms with Gasteiger partial charge in [-0.15, -0.1) is 0 Å². The molecule has 0 heterocycles. The molecule has 2 heteroatoms. The molecule has 0 aromatic carbocycles. The number of hydrogen-bond acceptors (Lipinski definition) is 2. The Morgan fingerprint density at radius 1 is 1.50 bits per heavy atom. The van der Waals surface area contributed by atoms with Crippen LogP contribution >= 0.6 is 0 Å². The summed E-state index contributed by atoms with van der Waals surface area (Å²) in [5, 5.41) is 10.5. The van der Waals surface area contributed by atoms with Crippen LogP contribution < -0.4 is 5.32 Å². The van der Waals surface area contributed by atoms with E-state index in [0.29, 0.717) is 12.3 Å². The van der Waals surface area contributed by atoms with Crippen LogP contribution in [0.3, 0.4) is 0 Å². The minimum atomic E-state index is 0.632. The van der Waals surface area contributed by atoms with Crippen molar-refractivity contribution >= 4 is 5.71 Å². The molecule has 1 rings (SSSR count). The van der Waals surface area contributed by atoms with Crippen molar-refractivity contribution < 1.29 is 0 Å². The Morgan fingerprint density at radius 2 is 2.22 bits per heavy atom. The first-order valence-corrected chi connectivity index (χ1v) is 6.53. The van der Waals surface area contributed by atoms with Gasteiger partial charge in [-0.25, -0.2) is 0 Å². The Kier molecular flexibility index (Phi) is 9.89. The Hall–Kier alpha value is -1.41. The van der Waals surface area contributed by atoms with E-state index in [1.807, 2.05) is 20.0 Å². The van der Waals surface area contributed by atoms with Crippen molar-refractivity contribution in [3.05, 3.63) is 48.6 Å². The van der Waals surface area contributed by atoms with Crippen LogP contribution in [0.5, 0.6) is 0 Å². The van der Waals surface area contributed by atoms with Crippen LogP contribution in [0, 0.1) is 11.3 Å². The highest BCUT2D eigenvalue weighted by molar-refractivity contribution is 5.99. The fourth-order valence-corrected chi connectivity index (χ4v) is 1.57. The molecule has 0 fully saturated rings. The average Bonchev–Trinajstić information content (AvgIpc) is 2.38. The lowest BCUT2D eigenvalue weighted by molar-refractivity contribution is 0.737. The normalized spacial score (nSPS) is 17.9. The lowest BCUT2D eigenvalue weighted by Crippen LogP contribution is -2.19. The van der Waals surface area contributed by atoms with Crippen LogP contribution in [0.1, 0.15) is 26.7 Å². The van der Waals surface area contributed by atoms with Gasteiger partial charge in [0.1, 0.15) is 0 Å². The third kappa shape index (κ3) is 7.80. The second kappa shape index (κ2) is 10.7. The molecular weight excluding hydrogens is 220 g/mol. The van der Waals surface area contributed by atoms with Crippen LogP contribution in [-0.4, -0.2) is 19.3 Å². The van der Waals surface area contributed by atoms with Gasteiger partial charge in [-0.3, -0.25) is 0 Å². The van der Waals surface area contributed by atoms with E-state index in [0.717, 1.165) is 17.9 Å². The van der Waals surface area contributed by atoms with Gasteiger partial charge in [-0.2, -0.15) is 0 Å². The summed E-state index contributed by atoms with van der Waals surface area (Å²) in [4.78, 5) is 0. The first kappa shape index (κ1) is 16.6. The minimum Gasteiger partial charge on any atom is -0.314 e. The highest BCUT2D eigenvalue weighted by Crippen LogP contribution is 2.08. The van der Waals surface area contributed by atoms with Crippen LogP contribution in [0.2, 0.25) is 0 Å². The van der Waals surface area contributed by atoms with E-state index in [1.165, 1.54) is 6.42 Å². The topological polar surface area (TPSA) is 35.9 Å². The fourth-order valence-electron chi connectivity index (χ4n) is 1.57.